The molecule has 0 bridgehead atoms. The van der Waals surface area contributed by atoms with Gasteiger partial charge >= 0.3 is 11.9 Å². The minimum absolute atomic E-state index is 0.0154. The molecule has 254 valence electrons. The van der Waals surface area contributed by atoms with Crippen molar-refractivity contribution in [2.24, 2.45) is 34.5 Å². The summed E-state index contributed by atoms with van der Waals surface area (Å²) in [6.07, 6.45) is 2.67. The number of hydrogen-bond donors (Lipinski definition) is 5. The predicted octanol–water partition coefficient (Wildman–Crippen LogP) is 4.13. The van der Waals surface area contributed by atoms with Crippen LogP contribution in [0.5, 0.6) is 0 Å². The van der Waals surface area contributed by atoms with Crippen molar-refractivity contribution in [1.82, 2.24) is 14.9 Å². The second-order valence-corrected chi connectivity index (χ2v) is 15.0. The average molecular weight is 650 g/mol. The minimum Gasteiger partial charge on any atom is -0.393 e. The molecule has 0 unspecified atom stereocenters. The fourth-order valence-corrected chi connectivity index (χ4v) is 10.4. The van der Waals surface area contributed by atoms with Gasteiger partial charge in [-0.2, -0.15) is 13.2 Å². The van der Waals surface area contributed by atoms with E-state index in [4.69, 9.17) is 0 Å². The molecule has 1 aromatic heterocycles. The average Bonchev–Trinajstić information content (AvgIpc) is 3.49. The Bertz CT molecular complexity index is 1550. The van der Waals surface area contributed by atoms with Crippen LogP contribution in [0.15, 0.2) is 23.0 Å². The van der Waals surface area contributed by atoms with E-state index in [9.17, 15) is 42.9 Å². The third-order valence-corrected chi connectivity index (χ3v) is 12.8. The number of benzene rings is 1. The van der Waals surface area contributed by atoms with Gasteiger partial charge in [0.2, 0.25) is 0 Å². The van der Waals surface area contributed by atoms with E-state index in [2.05, 4.69) is 17.2 Å². The maximum atomic E-state index is 13.4. The third kappa shape index (κ3) is 5.27. The molecule has 0 radical (unpaired) electrons. The summed E-state index contributed by atoms with van der Waals surface area (Å²) in [6, 6.07) is 3.42. The summed E-state index contributed by atoms with van der Waals surface area (Å²) in [4.78, 5) is 40.2. The molecular weight excluding hydrogens is 603 g/mol. The van der Waals surface area contributed by atoms with Crippen molar-refractivity contribution in [1.29, 1.82) is 0 Å². The lowest BCUT2D eigenvalue weighted by Gasteiger charge is -2.60. The summed E-state index contributed by atoms with van der Waals surface area (Å²) in [5.74, 6) is 0.380. The van der Waals surface area contributed by atoms with Gasteiger partial charge in [-0.1, -0.05) is 13.8 Å². The van der Waals surface area contributed by atoms with Crippen molar-refractivity contribution in [2.45, 2.75) is 102 Å². The molecular formula is C34H46F3N3O6. The van der Waals surface area contributed by atoms with E-state index in [-0.39, 0.29) is 58.7 Å². The molecule has 0 amide bonds. The first-order valence-electron chi connectivity index (χ1n) is 16.7. The molecule has 12 heteroatoms. The van der Waals surface area contributed by atoms with Crippen LogP contribution in [0.25, 0.3) is 11.0 Å². The number of carbonyl (C=O) groups excluding carboxylic acids is 2. The lowest BCUT2D eigenvalue weighted by atomic mass is 9.44. The number of aromatic nitrogens is 2. The summed E-state index contributed by atoms with van der Waals surface area (Å²) in [5, 5.41) is 33.8. The zero-order valence-corrected chi connectivity index (χ0v) is 26.5. The summed E-state index contributed by atoms with van der Waals surface area (Å²) in [6.45, 7) is 5.08. The minimum atomic E-state index is -4.40. The normalized spacial score (nSPS) is 38.0. The summed E-state index contributed by atoms with van der Waals surface area (Å²) >= 11 is 0. The number of aliphatic hydroxyl groups excluding tert-OH is 2. The first-order chi connectivity index (χ1) is 21.6. The number of piperidine rings is 1. The van der Waals surface area contributed by atoms with Gasteiger partial charge in [0.25, 0.3) is 0 Å². The number of aliphatic hydroxyl groups is 3. The Balaban J connectivity index is 0.000000167. The van der Waals surface area contributed by atoms with E-state index in [1.54, 1.807) is 4.57 Å². The van der Waals surface area contributed by atoms with Crippen LogP contribution in [-0.2, 0) is 15.8 Å². The van der Waals surface area contributed by atoms with Gasteiger partial charge in [-0.3, -0.25) is 14.2 Å². The Morgan fingerprint density at radius 2 is 1.76 bits per heavy atom. The van der Waals surface area contributed by atoms with E-state index in [1.807, 2.05) is 6.92 Å². The Kier molecular flexibility index (Phi) is 8.60. The number of aromatic amines is 1. The van der Waals surface area contributed by atoms with Crippen LogP contribution in [-0.4, -0.2) is 67.8 Å². The zero-order valence-electron chi connectivity index (χ0n) is 26.5. The number of fused-ring (bicyclic) bond motifs is 6. The first-order valence-corrected chi connectivity index (χ1v) is 16.7. The number of Topliss-reactive ketones (excluding diaryl/α,β-unsaturated/α-hetero) is 2. The smallest absolute Gasteiger partial charge is 0.393 e. The molecule has 0 spiro atoms. The second-order valence-electron chi connectivity index (χ2n) is 15.0. The van der Waals surface area contributed by atoms with Crippen LogP contribution >= 0.6 is 0 Å². The van der Waals surface area contributed by atoms with Gasteiger partial charge in [-0.25, -0.2) is 4.79 Å². The summed E-state index contributed by atoms with van der Waals surface area (Å²) < 4.78 is 39.6. The van der Waals surface area contributed by atoms with Gasteiger partial charge in [-0.15, -0.1) is 0 Å². The van der Waals surface area contributed by atoms with Crippen LogP contribution in [0.3, 0.4) is 0 Å². The Labute approximate surface area is 265 Å². The van der Waals surface area contributed by atoms with Crippen molar-refractivity contribution in [2.75, 3.05) is 19.7 Å². The quantitative estimate of drug-likeness (QED) is 0.336. The number of alkyl halides is 3. The van der Waals surface area contributed by atoms with Gasteiger partial charge < -0.3 is 25.6 Å². The van der Waals surface area contributed by atoms with Crippen molar-refractivity contribution in [3.8, 4) is 0 Å². The summed E-state index contributed by atoms with van der Waals surface area (Å²) in [7, 11) is 0. The lowest BCUT2D eigenvalue weighted by Crippen LogP contribution is -2.62. The van der Waals surface area contributed by atoms with Crippen molar-refractivity contribution in [3.05, 3.63) is 34.2 Å². The Hall–Kier alpha value is -2.54. The van der Waals surface area contributed by atoms with Gasteiger partial charge in [0.15, 0.2) is 5.78 Å². The largest absolute Gasteiger partial charge is 0.416 e. The molecule has 8 atom stereocenters. The molecule has 2 heterocycles. The van der Waals surface area contributed by atoms with Crippen molar-refractivity contribution < 1.29 is 38.1 Å². The molecule has 2 aromatic rings. The van der Waals surface area contributed by atoms with E-state index in [0.717, 1.165) is 76.6 Å². The molecule has 1 aromatic carbocycles. The van der Waals surface area contributed by atoms with Crippen LogP contribution in [0.1, 0.15) is 89.7 Å². The van der Waals surface area contributed by atoms with E-state index < -0.39 is 35.1 Å². The number of hydrogen-bond acceptors (Lipinski definition) is 7. The maximum Gasteiger partial charge on any atom is 0.416 e. The molecule has 4 saturated carbocycles. The molecule has 4 aliphatic carbocycles. The second kappa shape index (κ2) is 11.9. The molecule has 1 aliphatic heterocycles. The van der Waals surface area contributed by atoms with E-state index in [1.165, 1.54) is 6.07 Å². The topological polar surface area (TPSA) is 145 Å². The number of H-pyrrole nitrogens is 1. The molecule has 7 rings (SSSR count). The molecule has 5 aliphatic rings. The fraction of sp³-hybridized carbons (Fsp3) is 0.735. The number of carbonyl (C=O) groups is 2. The molecule has 5 fully saturated rings. The number of halogens is 3. The molecule has 5 N–H and O–H groups in total. The van der Waals surface area contributed by atoms with Crippen LogP contribution in [0, 0.1) is 34.5 Å². The number of nitrogens with zero attached hydrogens (tertiary/aromatic N) is 1. The Morgan fingerprint density at radius 3 is 2.43 bits per heavy atom. The monoisotopic (exact) mass is 649 g/mol. The molecule has 9 nitrogen and oxygen atoms in total. The summed E-state index contributed by atoms with van der Waals surface area (Å²) in [5.41, 5.74) is -2.72. The van der Waals surface area contributed by atoms with E-state index >= 15 is 0 Å². The fourth-order valence-electron chi connectivity index (χ4n) is 10.4. The standard InChI is InChI=1S/C21H32O5.C13H14F3N3O/c1-19-7-5-13(23)9-12(19)3-4-14-15-6-8-21(26,17(25)11-22)20(15,2)10-16(24)18(14)19;14-13(15,16)8-1-2-11-10(7-8)18-12(20)19(11)9-3-5-17-6-4-9/h12-15,18,22-23,26H,3-11H2,1-2H3;1-2,7,9,17H,3-6H2,(H,18,20)/t12-,13-,14+,15+,18-,19+,20+,21+;/m1./s1. The van der Waals surface area contributed by atoms with Crippen LogP contribution in [0.4, 0.5) is 13.2 Å². The van der Waals surface area contributed by atoms with Gasteiger partial charge in [-0.05, 0) is 112 Å². The first kappa shape index (κ1) is 33.4. The van der Waals surface area contributed by atoms with Crippen LogP contribution in [0.2, 0.25) is 0 Å². The molecule has 46 heavy (non-hydrogen) atoms. The SMILES string of the molecule is C[C@]12CC[C@@H](O)C[C@H]1CC[C@@H]1[C@@H]2C(=O)C[C@@]2(C)[C@H]1CC[C@]2(O)C(=O)CO.O=c1[nH]c2cc(C(F)(F)F)ccc2n1C1CCNCC1. The Morgan fingerprint density at radius 1 is 1.04 bits per heavy atom. The maximum absolute atomic E-state index is 13.4. The molecule has 1 saturated heterocycles. The van der Waals surface area contributed by atoms with Crippen molar-refractivity contribution in [3.63, 3.8) is 0 Å². The van der Waals surface area contributed by atoms with Crippen molar-refractivity contribution >= 4 is 22.6 Å². The highest BCUT2D eigenvalue weighted by atomic mass is 19.4. The predicted molar refractivity (Wildman–Crippen MR) is 164 cm³/mol. The highest BCUT2D eigenvalue weighted by Gasteiger charge is 2.68. The number of rotatable bonds is 3. The third-order valence-electron chi connectivity index (χ3n) is 12.8. The van der Waals surface area contributed by atoms with Gasteiger partial charge in [0.05, 0.1) is 22.7 Å². The van der Waals surface area contributed by atoms with E-state index in [0.29, 0.717) is 17.9 Å². The number of ketones is 2. The lowest BCUT2D eigenvalue weighted by molar-refractivity contribution is -0.180. The van der Waals surface area contributed by atoms with Gasteiger partial charge in [0, 0.05) is 23.8 Å². The number of nitrogens with one attached hydrogen (secondary N) is 2. The zero-order chi connectivity index (χ0) is 33.2. The highest BCUT2D eigenvalue weighted by Crippen LogP contribution is 2.67. The van der Waals surface area contributed by atoms with Crippen LogP contribution < -0.4 is 11.0 Å². The van der Waals surface area contributed by atoms with Gasteiger partial charge in [0.1, 0.15) is 18.0 Å². The number of imidazole rings is 1. The highest BCUT2D eigenvalue weighted by molar-refractivity contribution is 5.92.